The zero-order valence-corrected chi connectivity index (χ0v) is 13.3. The summed E-state index contributed by atoms with van der Waals surface area (Å²) in [6.07, 6.45) is 4.58. The van der Waals surface area contributed by atoms with Crippen molar-refractivity contribution in [2.24, 2.45) is 16.4 Å². The molecule has 0 amide bonds. The number of nitroso groups, excluding NO2 is 1. The number of hydrogen-bond donors (Lipinski definition) is 1. The quantitative estimate of drug-likeness (QED) is 0.625. The molecule has 1 aliphatic rings. The SMILES string of the molecule is CSC1SC(C(=O)C(C)(C)C)CC1C=CB(O)N=O. The van der Waals surface area contributed by atoms with Crippen molar-refractivity contribution in [3.8, 4) is 0 Å². The fraction of sp³-hybridized carbons (Fsp3) is 0.750. The van der Waals surface area contributed by atoms with Crippen LogP contribution in [-0.2, 0) is 4.79 Å². The van der Waals surface area contributed by atoms with Gasteiger partial charge in [-0.1, -0.05) is 37.9 Å². The number of carbonyl (C=O) groups excluding carboxylic acids is 1. The number of Topliss-reactive ketones (excluding diaryl/α,β-unsaturated/α-hetero) is 1. The van der Waals surface area contributed by atoms with Gasteiger partial charge in [-0.25, -0.2) is 0 Å². The van der Waals surface area contributed by atoms with Gasteiger partial charge in [-0.05, 0) is 18.6 Å². The maximum absolute atomic E-state index is 12.3. The lowest BCUT2D eigenvalue weighted by atomic mass is 9.83. The van der Waals surface area contributed by atoms with E-state index < -0.39 is 7.05 Å². The molecule has 0 spiro atoms. The van der Waals surface area contributed by atoms with E-state index in [0.29, 0.717) is 0 Å². The second-order valence-corrected chi connectivity index (χ2v) is 8.27. The van der Waals surface area contributed by atoms with Crippen LogP contribution in [0.15, 0.2) is 17.1 Å². The largest absolute Gasteiger partial charge is 0.509 e. The van der Waals surface area contributed by atoms with Crippen LogP contribution in [0.4, 0.5) is 0 Å². The van der Waals surface area contributed by atoms with Crippen molar-refractivity contribution in [1.82, 2.24) is 0 Å². The first kappa shape index (κ1) is 16.8. The Kier molecular flexibility index (Phi) is 6.14. The minimum atomic E-state index is -1.29. The molecule has 106 valence electrons. The van der Waals surface area contributed by atoms with Gasteiger partial charge >= 0.3 is 7.05 Å². The highest BCUT2D eigenvalue weighted by Crippen LogP contribution is 2.46. The standard InChI is InChI=1S/C12H20BNO3S2/c1-12(2,3)10(15)9-7-8(11(18-4)19-9)5-6-13(16)14-17/h5-6,8-9,11,16H,7H2,1-4H3. The molecule has 1 aliphatic heterocycles. The van der Waals surface area contributed by atoms with Crippen molar-refractivity contribution in [1.29, 1.82) is 0 Å². The van der Waals surface area contributed by atoms with Gasteiger partial charge in [-0.2, -0.15) is 16.7 Å². The van der Waals surface area contributed by atoms with Crippen molar-refractivity contribution >= 4 is 36.4 Å². The van der Waals surface area contributed by atoms with E-state index in [4.69, 9.17) is 5.02 Å². The Balaban J connectivity index is 2.73. The third kappa shape index (κ3) is 4.65. The zero-order chi connectivity index (χ0) is 14.6. The van der Waals surface area contributed by atoms with Crippen LogP contribution in [0, 0.1) is 16.2 Å². The number of carbonyl (C=O) groups is 1. The van der Waals surface area contributed by atoms with Crippen LogP contribution in [0.25, 0.3) is 0 Å². The van der Waals surface area contributed by atoms with Crippen molar-refractivity contribution in [3.63, 3.8) is 0 Å². The molecular formula is C12H20BNO3S2. The van der Waals surface area contributed by atoms with Crippen molar-refractivity contribution < 1.29 is 9.82 Å². The summed E-state index contributed by atoms with van der Waals surface area (Å²) in [4.78, 5) is 22.4. The van der Waals surface area contributed by atoms with Gasteiger partial charge in [0.25, 0.3) is 0 Å². The van der Waals surface area contributed by atoms with E-state index in [2.05, 4.69) is 5.09 Å². The summed E-state index contributed by atoms with van der Waals surface area (Å²) in [6.45, 7) is 5.81. The Morgan fingerprint density at radius 1 is 1.53 bits per heavy atom. The third-order valence-electron chi connectivity index (χ3n) is 3.04. The predicted molar refractivity (Wildman–Crippen MR) is 84.2 cm³/mol. The molecule has 4 nitrogen and oxygen atoms in total. The topological polar surface area (TPSA) is 66.7 Å². The maximum Gasteiger partial charge on any atom is 0.509 e. The molecule has 0 bridgehead atoms. The fourth-order valence-electron chi connectivity index (χ4n) is 2.01. The van der Waals surface area contributed by atoms with Crippen LogP contribution in [-0.4, -0.2) is 33.9 Å². The Hall–Kier alpha value is -0.265. The molecular weight excluding hydrogens is 281 g/mol. The monoisotopic (exact) mass is 301 g/mol. The van der Waals surface area contributed by atoms with Crippen molar-refractivity contribution in [3.05, 3.63) is 17.0 Å². The first-order valence-electron chi connectivity index (χ1n) is 6.21. The van der Waals surface area contributed by atoms with E-state index in [-0.39, 0.29) is 26.9 Å². The molecule has 1 fully saturated rings. The van der Waals surface area contributed by atoms with Gasteiger partial charge in [0.05, 0.1) is 9.83 Å². The van der Waals surface area contributed by atoms with Crippen LogP contribution >= 0.6 is 23.5 Å². The van der Waals surface area contributed by atoms with E-state index in [1.165, 1.54) is 5.98 Å². The molecule has 1 N–H and O–H groups in total. The molecule has 0 radical (unpaired) electrons. The van der Waals surface area contributed by atoms with Gasteiger partial charge in [-0.3, -0.25) is 4.79 Å². The number of thioether (sulfide) groups is 2. The molecule has 0 aromatic rings. The summed E-state index contributed by atoms with van der Waals surface area (Å²) in [7, 11) is -1.29. The van der Waals surface area contributed by atoms with Gasteiger partial charge < -0.3 is 5.02 Å². The van der Waals surface area contributed by atoms with Crippen LogP contribution in [0.3, 0.4) is 0 Å². The van der Waals surface area contributed by atoms with E-state index in [0.717, 1.165) is 6.42 Å². The second kappa shape index (κ2) is 6.95. The van der Waals surface area contributed by atoms with Crippen LogP contribution in [0.2, 0.25) is 0 Å². The average molecular weight is 301 g/mol. The van der Waals surface area contributed by atoms with E-state index in [1.54, 1.807) is 23.5 Å². The third-order valence-corrected chi connectivity index (χ3v) is 6.11. The lowest BCUT2D eigenvalue weighted by Crippen LogP contribution is -2.29. The number of hydrogen-bond acceptors (Lipinski definition) is 6. The molecule has 0 saturated carbocycles. The van der Waals surface area contributed by atoms with Crippen molar-refractivity contribution in [2.45, 2.75) is 37.0 Å². The first-order valence-corrected chi connectivity index (χ1v) is 8.44. The summed E-state index contributed by atoms with van der Waals surface area (Å²) < 4.78 is 0.284. The Morgan fingerprint density at radius 3 is 2.63 bits per heavy atom. The Labute approximate surface area is 123 Å². The Morgan fingerprint density at radius 2 is 2.16 bits per heavy atom. The molecule has 3 atom stereocenters. The molecule has 0 aliphatic carbocycles. The van der Waals surface area contributed by atoms with Crippen LogP contribution in [0.5, 0.6) is 0 Å². The summed E-state index contributed by atoms with van der Waals surface area (Å²) in [5.41, 5.74) is -0.330. The lowest BCUT2D eigenvalue weighted by molar-refractivity contribution is -0.125. The van der Waals surface area contributed by atoms with Gasteiger partial charge in [0.2, 0.25) is 0 Å². The minimum absolute atomic E-state index is 0.00608. The summed E-state index contributed by atoms with van der Waals surface area (Å²) in [5.74, 6) is 1.86. The summed E-state index contributed by atoms with van der Waals surface area (Å²) in [6, 6.07) is 0. The molecule has 0 aromatic heterocycles. The van der Waals surface area contributed by atoms with Crippen LogP contribution < -0.4 is 0 Å². The molecule has 3 unspecified atom stereocenters. The Bertz CT molecular complexity index is 370. The smallest absolute Gasteiger partial charge is 0.426 e. The van der Waals surface area contributed by atoms with E-state index in [9.17, 15) is 9.70 Å². The van der Waals surface area contributed by atoms with Crippen LogP contribution in [0.1, 0.15) is 27.2 Å². The molecule has 19 heavy (non-hydrogen) atoms. The van der Waals surface area contributed by atoms with E-state index in [1.807, 2.05) is 33.1 Å². The highest BCUT2D eigenvalue weighted by molar-refractivity contribution is 8.17. The summed E-state index contributed by atoms with van der Waals surface area (Å²) in [5, 5.41) is 11.7. The van der Waals surface area contributed by atoms with Gasteiger partial charge in [0, 0.05) is 5.41 Å². The summed E-state index contributed by atoms with van der Waals surface area (Å²) >= 11 is 3.39. The maximum atomic E-state index is 12.3. The van der Waals surface area contributed by atoms with Crippen molar-refractivity contribution in [2.75, 3.05) is 6.26 Å². The number of nitrogens with zero attached hydrogens (tertiary/aromatic N) is 1. The van der Waals surface area contributed by atoms with E-state index >= 15 is 0 Å². The molecule has 1 saturated heterocycles. The highest BCUT2D eigenvalue weighted by atomic mass is 32.2. The molecule has 1 heterocycles. The number of rotatable bonds is 5. The predicted octanol–water partition coefficient (Wildman–Crippen LogP) is 2.75. The minimum Gasteiger partial charge on any atom is -0.426 e. The lowest BCUT2D eigenvalue weighted by Gasteiger charge is -2.20. The zero-order valence-electron chi connectivity index (χ0n) is 11.7. The number of ketones is 1. The first-order chi connectivity index (χ1) is 8.79. The average Bonchev–Trinajstić information content (AvgIpc) is 2.76. The highest BCUT2D eigenvalue weighted by Gasteiger charge is 2.40. The molecule has 1 rings (SSSR count). The second-order valence-electron chi connectivity index (χ2n) is 5.65. The molecule has 0 aromatic carbocycles. The van der Waals surface area contributed by atoms with Gasteiger partial charge in [0.15, 0.2) is 5.78 Å². The fourth-order valence-corrected chi connectivity index (χ4v) is 4.94. The van der Waals surface area contributed by atoms with Gasteiger partial charge in [0.1, 0.15) is 0 Å². The normalized spacial score (nSPS) is 27.7. The molecule has 7 heteroatoms. The van der Waals surface area contributed by atoms with Gasteiger partial charge in [-0.15, -0.1) is 11.8 Å². The number of allylic oxidation sites excluding steroid dienone is 1.